The highest BCUT2D eigenvalue weighted by atomic mass is 32.2. The van der Waals surface area contributed by atoms with E-state index in [0.29, 0.717) is 17.3 Å². The van der Waals surface area contributed by atoms with E-state index < -0.39 is 15.7 Å². The zero-order chi connectivity index (χ0) is 21.3. The zero-order valence-electron chi connectivity index (χ0n) is 16.2. The summed E-state index contributed by atoms with van der Waals surface area (Å²) >= 11 is 0. The Morgan fingerprint density at radius 2 is 1.73 bits per heavy atom. The molecule has 0 radical (unpaired) electrons. The molecular formula is C20H18N6O3S. The maximum Gasteiger partial charge on any atom is 0.260 e. The highest BCUT2D eigenvalue weighted by Gasteiger charge is 2.23. The van der Waals surface area contributed by atoms with Crippen LogP contribution in [0.1, 0.15) is 10.4 Å². The Balaban J connectivity index is 1.53. The van der Waals surface area contributed by atoms with Crippen molar-refractivity contribution in [1.82, 2.24) is 25.0 Å². The van der Waals surface area contributed by atoms with E-state index in [4.69, 9.17) is 0 Å². The normalized spacial score (nSPS) is 11.4. The lowest BCUT2D eigenvalue weighted by atomic mass is 10.2. The second-order valence-electron chi connectivity index (χ2n) is 6.66. The first-order chi connectivity index (χ1) is 14.3. The average molecular weight is 422 g/mol. The van der Waals surface area contributed by atoms with Crippen LogP contribution in [0.5, 0.6) is 0 Å². The Kier molecular flexibility index (Phi) is 4.92. The molecule has 0 atom stereocenters. The van der Waals surface area contributed by atoms with Crippen LogP contribution >= 0.6 is 0 Å². The molecule has 2 aromatic heterocycles. The second-order valence-corrected chi connectivity index (χ2v) is 8.60. The molecule has 4 aromatic rings. The Hall–Kier alpha value is -3.79. The van der Waals surface area contributed by atoms with Gasteiger partial charge < -0.3 is 5.32 Å². The van der Waals surface area contributed by atoms with Gasteiger partial charge in [-0.05, 0) is 24.3 Å². The van der Waals surface area contributed by atoms with Gasteiger partial charge in [-0.2, -0.15) is 10.2 Å². The Labute approximate surface area is 172 Å². The first-order valence-electron chi connectivity index (χ1n) is 8.94. The van der Waals surface area contributed by atoms with Gasteiger partial charge in [0.1, 0.15) is 0 Å². The maximum absolute atomic E-state index is 12.6. The van der Waals surface area contributed by atoms with Gasteiger partial charge >= 0.3 is 0 Å². The fraction of sp³-hybridized carbons (Fsp3) is 0.100. The number of aryl methyl sites for hydroxylation is 1. The molecule has 0 saturated heterocycles. The smallest absolute Gasteiger partial charge is 0.260 e. The number of carbonyl (C=O) groups excluding carboxylic acids is 1. The van der Waals surface area contributed by atoms with Gasteiger partial charge in [0.05, 0.1) is 11.8 Å². The lowest BCUT2D eigenvalue weighted by molar-refractivity contribution is 0.102. The number of sulfone groups is 1. The molecule has 0 bridgehead atoms. The van der Waals surface area contributed by atoms with Crippen LogP contribution in [0.3, 0.4) is 0 Å². The summed E-state index contributed by atoms with van der Waals surface area (Å²) in [7, 11) is -2.13. The summed E-state index contributed by atoms with van der Waals surface area (Å²) in [6.45, 7) is 0. The van der Waals surface area contributed by atoms with Crippen molar-refractivity contribution >= 4 is 21.4 Å². The predicted molar refractivity (Wildman–Crippen MR) is 112 cm³/mol. The van der Waals surface area contributed by atoms with Crippen molar-refractivity contribution < 1.29 is 13.2 Å². The van der Waals surface area contributed by atoms with E-state index in [-0.39, 0.29) is 10.6 Å². The number of nitrogens with zero attached hydrogens (tertiary/aromatic N) is 4. The van der Waals surface area contributed by atoms with Crippen molar-refractivity contribution in [1.29, 1.82) is 0 Å². The van der Waals surface area contributed by atoms with Crippen LogP contribution in [-0.4, -0.2) is 45.5 Å². The average Bonchev–Trinajstić information content (AvgIpc) is 3.36. The molecule has 0 aliphatic rings. The minimum Gasteiger partial charge on any atom is -0.322 e. The zero-order valence-corrected chi connectivity index (χ0v) is 17.0. The van der Waals surface area contributed by atoms with Crippen LogP contribution in [0.15, 0.2) is 65.8 Å². The van der Waals surface area contributed by atoms with Gasteiger partial charge in [-0.3, -0.25) is 14.6 Å². The predicted octanol–water partition coefficient (Wildman–Crippen LogP) is 2.53. The quantitative estimate of drug-likeness (QED) is 0.510. The van der Waals surface area contributed by atoms with Crippen LogP contribution in [0.2, 0.25) is 0 Å². The summed E-state index contributed by atoms with van der Waals surface area (Å²) < 4.78 is 25.1. The minimum absolute atomic E-state index is 0.00758. The molecule has 0 unspecified atom stereocenters. The molecule has 10 heteroatoms. The summed E-state index contributed by atoms with van der Waals surface area (Å²) in [5, 5.41) is 13.6. The topological polar surface area (TPSA) is 123 Å². The number of carbonyl (C=O) groups is 1. The number of rotatable bonds is 5. The largest absolute Gasteiger partial charge is 0.322 e. The summed E-state index contributed by atoms with van der Waals surface area (Å²) in [5.41, 5.74) is 2.20. The van der Waals surface area contributed by atoms with Crippen molar-refractivity contribution in [3.05, 3.63) is 66.4 Å². The van der Waals surface area contributed by atoms with Crippen molar-refractivity contribution in [2.24, 2.45) is 7.05 Å². The van der Waals surface area contributed by atoms with Crippen LogP contribution in [0, 0.1) is 0 Å². The number of hydrogen-bond acceptors (Lipinski definition) is 6. The van der Waals surface area contributed by atoms with Crippen molar-refractivity contribution in [2.45, 2.75) is 5.03 Å². The Bertz CT molecular complexity index is 1310. The standard InChI is InChI=1S/C20H18N6O3S/c1-26-20(30(2,28)29)16(12-21-26)19(27)22-15-10-8-14(9-11-15)18-23-17(24-25-18)13-6-4-3-5-7-13/h3-12H,1-2H3,(H,22,27)(H,23,24,25). The van der Waals surface area contributed by atoms with Gasteiger partial charge in [-0.25, -0.2) is 13.4 Å². The molecule has 4 rings (SSSR count). The third-order valence-electron chi connectivity index (χ3n) is 4.41. The van der Waals surface area contributed by atoms with E-state index in [1.54, 1.807) is 24.3 Å². The maximum atomic E-state index is 12.6. The number of aromatic amines is 1. The van der Waals surface area contributed by atoms with E-state index in [1.807, 2.05) is 30.3 Å². The first kappa shape index (κ1) is 19.5. The van der Waals surface area contributed by atoms with Gasteiger partial charge in [-0.1, -0.05) is 30.3 Å². The lowest BCUT2D eigenvalue weighted by Gasteiger charge is -2.07. The summed E-state index contributed by atoms with van der Waals surface area (Å²) in [6.07, 6.45) is 2.27. The Morgan fingerprint density at radius 3 is 2.40 bits per heavy atom. The van der Waals surface area contributed by atoms with E-state index in [2.05, 4.69) is 25.6 Å². The first-order valence-corrected chi connectivity index (χ1v) is 10.8. The van der Waals surface area contributed by atoms with E-state index in [0.717, 1.165) is 17.4 Å². The summed E-state index contributed by atoms with van der Waals surface area (Å²) in [6, 6.07) is 16.6. The molecular weight excluding hydrogens is 404 g/mol. The van der Waals surface area contributed by atoms with Gasteiger partial charge in [0.2, 0.25) is 0 Å². The molecule has 9 nitrogen and oxygen atoms in total. The fourth-order valence-corrected chi connectivity index (χ4v) is 4.11. The summed E-state index contributed by atoms with van der Waals surface area (Å²) in [4.78, 5) is 17.1. The van der Waals surface area contributed by atoms with Crippen molar-refractivity contribution in [2.75, 3.05) is 11.6 Å². The van der Waals surface area contributed by atoms with Crippen LogP contribution in [-0.2, 0) is 16.9 Å². The third kappa shape index (κ3) is 3.85. The van der Waals surface area contributed by atoms with E-state index in [9.17, 15) is 13.2 Å². The molecule has 0 saturated carbocycles. The van der Waals surface area contributed by atoms with Crippen LogP contribution in [0.25, 0.3) is 22.8 Å². The molecule has 2 heterocycles. The molecule has 0 spiro atoms. The van der Waals surface area contributed by atoms with Gasteiger partial charge in [0.25, 0.3) is 5.91 Å². The van der Waals surface area contributed by atoms with Crippen LogP contribution < -0.4 is 5.32 Å². The van der Waals surface area contributed by atoms with Gasteiger partial charge in [-0.15, -0.1) is 0 Å². The van der Waals surface area contributed by atoms with E-state index in [1.165, 1.54) is 17.9 Å². The van der Waals surface area contributed by atoms with E-state index >= 15 is 0 Å². The number of nitrogens with one attached hydrogen (secondary N) is 2. The summed E-state index contributed by atoms with van der Waals surface area (Å²) in [5.74, 6) is 0.633. The second kappa shape index (κ2) is 7.56. The third-order valence-corrected chi connectivity index (χ3v) is 5.60. The highest BCUT2D eigenvalue weighted by molar-refractivity contribution is 7.90. The number of aromatic nitrogens is 5. The fourth-order valence-electron chi connectivity index (χ4n) is 3.04. The molecule has 2 aromatic carbocycles. The molecule has 30 heavy (non-hydrogen) atoms. The molecule has 1 amide bonds. The van der Waals surface area contributed by atoms with Crippen molar-refractivity contribution in [3.8, 4) is 22.8 Å². The minimum atomic E-state index is -3.60. The molecule has 152 valence electrons. The molecule has 0 aliphatic heterocycles. The molecule has 2 N–H and O–H groups in total. The Morgan fingerprint density at radius 1 is 1.03 bits per heavy atom. The van der Waals surface area contributed by atoms with Crippen molar-refractivity contribution in [3.63, 3.8) is 0 Å². The molecule has 0 aliphatic carbocycles. The number of H-pyrrole nitrogens is 1. The number of anilines is 1. The lowest BCUT2D eigenvalue weighted by Crippen LogP contribution is -2.16. The monoisotopic (exact) mass is 422 g/mol. The van der Waals surface area contributed by atoms with Crippen LogP contribution in [0.4, 0.5) is 5.69 Å². The number of hydrogen-bond donors (Lipinski definition) is 2. The SMILES string of the molecule is Cn1ncc(C(=O)Nc2ccc(-c3nc(-c4ccccc4)n[nH]3)cc2)c1S(C)(=O)=O. The van der Waals surface area contributed by atoms with Gasteiger partial charge in [0.15, 0.2) is 26.5 Å². The number of amides is 1. The number of benzene rings is 2. The molecule has 0 fully saturated rings. The highest BCUT2D eigenvalue weighted by Crippen LogP contribution is 2.22. The van der Waals surface area contributed by atoms with Gasteiger partial charge in [0, 0.05) is 30.1 Å².